The normalized spacial score (nSPS) is 10.9. The molecule has 0 radical (unpaired) electrons. The Bertz CT molecular complexity index is 1140. The smallest absolute Gasteiger partial charge is 0.264 e. The van der Waals surface area contributed by atoms with Crippen molar-refractivity contribution in [3.8, 4) is 11.5 Å². The summed E-state index contributed by atoms with van der Waals surface area (Å²) in [5.41, 5.74) is 0.319. The van der Waals surface area contributed by atoms with Gasteiger partial charge in [-0.05, 0) is 48.5 Å². The van der Waals surface area contributed by atoms with Gasteiger partial charge in [0.05, 0.1) is 24.2 Å². The number of halogens is 1. The summed E-state index contributed by atoms with van der Waals surface area (Å²) < 4.78 is 51.2. The topological polar surface area (TPSA) is 84.9 Å². The van der Waals surface area contributed by atoms with Crippen LogP contribution in [0.1, 0.15) is 0 Å². The number of hydrogen-bond donors (Lipinski definition) is 1. The molecular weight excluding hydrogens is 435 g/mol. The number of sulfonamides is 1. The number of nitrogens with zero attached hydrogens (tertiary/aromatic N) is 1. The second-order valence-corrected chi connectivity index (χ2v) is 8.54. The van der Waals surface area contributed by atoms with Gasteiger partial charge in [-0.25, -0.2) is 12.8 Å². The molecule has 1 amide bonds. The Labute approximate surface area is 186 Å². The van der Waals surface area contributed by atoms with Gasteiger partial charge in [0.1, 0.15) is 30.5 Å². The van der Waals surface area contributed by atoms with Gasteiger partial charge in [-0.1, -0.05) is 24.3 Å². The van der Waals surface area contributed by atoms with Crippen LogP contribution in [0, 0.1) is 5.82 Å². The fourth-order valence-corrected chi connectivity index (χ4v) is 4.30. The van der Waals surface area contributed by atoms with Crippen LogP contribution in [-0.4, -0.2) is 41.1 Å². The van der Waals surface area contributed by atoms with Crippen molar-refractivity contribution in [2.45, 2.75) is 4.90 Å². The highest BCUT2D eigenvalue weighted by Crippen LogP contribution is 2.23. The Balaban J connectivity index is 1.65. The molecule has 32 heavy (non-hydrogen) atoms. The number of benzene rings is 3. The van der Waals surface area contributed by atoms with Crippen LogP contribution < -0.4 is 19.1 Å². The van der Waals surface area contributed by atoms with E-state index in [4.69, 9.17) is 9.47 Å². The lowest BCUT2D eigenvalue weighted by molar-refractivity contribution is -0.119. The van der Waals surface area contributed by atoms with Crippen LogP contribution in [0.2, 0.25) is 0 Å². The van der Waals surface area contributed by atoms with E-state index in [1.54, 1.807) is 61.7 Å². The first-order chi connectivity index (χ1) is 15.4. The standard InChI is InChI=1S/C23H23FN2O5S/c1-30-20-8-5-9-21(16-20)31-15-14-25-23(27)17-26(19-6-3-2-4-7-19)32(28,29)22-12-10-18(24)11-13-22/h2-13,16H,14-15,17H2,1H3,(H,25,27). The molecule has 7 nitrogen and oxygen atoms in total. The first-order valence-corrected chi connectivity index (χ1v) is 11.2. The fourth-order valence-electron chi connectivity index (χ4n) is 2.88. The van der Waals surface area contributed by atoms with Gasteiger partial charge >= 0.3 is 0 Å². The van der Waals surface area contributed by atoms with E-state index in [9.17, 15) is 17.6 Å². The minimum Gasteiger partial charge on any atom is -0.497 e. The summed E-state index contributed by atoms with van der Waals surface area (Å²) in [4.78, 5) is 12.4. The van der Waals surface area contributed by atoms with E-state index in [-0.39, 0.29) is 18.0 Å². The van der Waals surface area contributed by atoms with Crippen molar-refractivity contribution in [1.29, 1.82) is 0 Å². The number of amides is 1. The van der Waals surface area contributed by atoms with E-state index < -0.39 is 28.3 Å². The van der Waals surface area contributed by atoms with Gasteiger partial charge in [-0.3, -0.25) is 9.10 Å². The summed E-state index contributed by atoms with van der Waals surface area (Å²) >= 11 is 0. The second kappa shape index (κ2) is 10.6. The zero-order valence-electron chi connectivity index (χ0n) is 17.4. The van der Waals surface area contributed by atoms with E-state index in [0.29, 0.717) is 17.2 Å². The van der Waals surface area contributed by atoms with E-state index in [0.717, 1.165) is 16.4 Å². The van der Waals surface area contributed by atoms with E-state index in [1.807, 2.05) is 0 Å². The summed E-state index contributed by atoms with van der Waals surface area (Å²) in [5.74, 6) is 0.178. The lowest BCUT2D eigenvalue weighted by Gasteiger charge is -2.24. The number of para-hydroxylation sites is 1. The van der Waals surface area contributed by atoms with Gasteiger partial charge in [0.25, 0.3) is 10.0 Å². The molecule has 0 aromatic heterocycles. The molecule has 0 spiro atoms. The molecule has 0 aliphatic rings. The van der Waals surface area contributed by atoms with Crippen molar-refractivity contribution in [2.75, 3.05) is 31.1 Å². The number of carbonyl (C=O) groups excluding carboxylic acids is 1. The molecule has 0 unspecified atom stereocenters. The van der Waals surface area contributed by atoms with Gasteiger partial charge in [0.15, 0.2) is 0 Å². The van der Waals surface area contributed by atoms with Gasteiger partial charge in [-0.2, -0.15) is 0 Å². The number of carbonyl (C=O) groups is 1. The second-order valence-electron chi connectivity index (χ2n) is 6.68. The Hall–Kier alpha value is -3.59. The van der Waals surface area contributed by atoms with Crippen LogP contribution in [-0.2, 0) is 14.8 Å². The minimum absolute atomic E-state index is 0.114. The van der Waals surface area contributed by atoms with E-state index >= 15 is 0 Å². The highest BCUT2D eigenvalue weighted by molar-refractivity contribution is 7.92. The average molecular weight is 459 g/mol. The number of rotatable bonds is 10. The molecule has 1 N–H and O–H groups in total. The zero-order chi connectivity index (χ0) is 23.0. The third-order valence-corrected chi connectivity index (χ3v) is 6.26. The van der Waals surface area contributed by atoms with Crippen LogP contribution in [0.25, 0.3) is 0 Å². The average Bonchev–Trinajstić information content (AvgIpc) is 2.81. The molecule has 0 aliphatic carbocycles. The van der Waals surface area contributed by atoms with Crippen molar-refractivity contribution >= 4 is 21.6 Å². The summed E-state index contributed by atoms with van der Waals surface area (Å²) in [7, 11) is -2.53. The summed E-state index contributed by atoms with van der Waals surface area (Å²) in [5, 5.41) is 2.65. The molecule has 0 saturated heterocycles. The Kier molecular flexibility index (Phi) is 7.67. The largest absolute Gasteiger partial charge is 0.497 e. The first-order valence-electron chi connectivity index (χ1n) is 9.77. The van der Waals surface area contributed by atoms with Gasteiger partial charge < -0.3 is 14.8 Å². The highest BCUT2D eigenvalue weighted by atomic mass is 32.2. The Morgan fingerprint density at radius 1 is 0.969 bits per heavy atom. The van der Waals surface area contributed by atoms with E-state index in [1.165, 1.54) is 12.1 Å². The van der Waals surface area contributed by atoms with Crippen LogP contribution >= 0.6 is 0 Å². The molecule has 0 atom stereocenters. The lowest BCUT2D eigenvalue weighted by atomic mass is 10.3. The molecule has 3 aromatic rings. The van der Waals surface area contributed by atoms with Gasteiger partial charge in [-0.15, -0.1) is 0 Å². The minimum atomic E-state index is -4.09. The molecule has 0 saturated carbocycles. The summed E-state index contributed by atoms with van der Waals surface area (Å²) in [6, 6.07) is 19.7. The number of ether oxygens (including phenoxy) is 2. The van der Waals surface area contributed by atoms with Crippen LogP contribution in [0.5, 0.6) is 11.5 Å². The number of methoxy groups -OCH3 is 1. The van der Waals surface area contributed by atoms with Crippen LogP contribution in [0.4, 0.5) is 10.1 Å². The SMILES string of the molecule is COc1cccc(OCCNC(=O)CN(c2ccccc2)S(=O)(=O)c2ccc(F)cc2)c1. The molecule has 168 valence electrons. The Morgan fingerprint density at radius 2 is 1.66 bits per heavy atom. The molecule has 3 rings (SSSR count). The maximum Gasteiger partial charge on any atom is 0.264 e. The quantitative estimate of drug-likeness (QED) is 0.472. The van der Waals surface area contributed by atoms with Crippen molar-refractivity contribution < 1.29 is 27.1 Å². The number of nitrogens with one attached hydrogen (secondary N) is 1. The maximum atomic E-state index is 13.3. The predicted molar refractivity (Wildman–Crippen MR) is 119 cm³/mol. The molecule has 0 fully saturated rings. The molecule has 0 aliphatic heterocycles. The lowest BCUT2D eigenvalue weighted by Crippen LogP contribution is -2.41. The van der Waals surface area contributed by atoms with Crippen LogP contribution in [0.15, 0.2) is 83.8 Å². The zero-order valence-corrected chi connectivity index (χ0v) is 18.2. The molecular formula is C23H23FN2O5S. The first kappa shape index (κ1) is 23.1. The van der Waals surface area contributed by atoms with Crippen molar-refractivity contribution in [1.82, 2.24) is 5.32 Å². The van der Waals surface area contributed by atoms with Crippen molar-refractivity contribution in [2.24, 2.45) is 0 Å². The van der Waals surface area contributed by atoms with Gasteiger partial charge in [0.2, 0.25) is 5.91 Å². The molecule has 0 bridgehead atoms. The van der Waals surface area contributed by atoms with E-state index in [2.05, 4.69) is 5.32 Å². The third-order valence-electron chi connectivity index (χ3n) is 4.47. The maximum absolute atomic E-state index is 13.3. The van der Waals surface area contributed by atoms with Crippen LogP contribution in [0.3, 0.4) is 0 Å². The summed E-state index contributed by atoms with van der Waals surface area (Å²) in [6.07, 6.45) is 0. The predicted octanol–water partition coefficient (Wildman–Crippen LogP) is 3.22. The molecule has 0 heterocycles. The molecule has 9 heteroatoms. The van der Waals surface area contributed by atoms with Crippen molar-refractivity contribution in [3.05, 3.63) is 84.7 Å². The Morgan fingerprint density at radius 3 is 2.34 bits per heavy atom. The van der Waals surface area contributed by atoms with Crippen molar-refractivity contribution in [3.63, 3.8) is 0 Å². The number of hydrogen-bond acceptors (Lipinski definition) is 5. The monoisotopic (exact) mass is 458 g/mol. The summed E-state index contributed by atoms with van der Waals surface area (Å²) in [6.45, 7) is -0.0763. The highest BCUT2D eigenvalue weighted by Gasteiger charge is 2.27. The molecule has 3 aromatic carbocycles. The van der Waals surface area contributed by atoms with Gasteiger partial charge in [0, 0.05) is 6.07 Å². The third kappa shape index (κ3) is 5.98. The number of anilines is 1. The fraction of sp³-hybridized carbons (Fsp3) is 0.174.